The summed E-state index contributed by atoms with van der Waals surface area (Å²) in [6.07, 6.45) is 3.51. The van der Waals surface area contributed by atoms with Gasteiger partial charge in [0.25, 0.3) is 0 Å². The van der Waals surface area contributed by atoms with Crippen molar-refractivity contribution in [3.05, 3.63) is 116 Å². The van der Waals surface area contributed by atoms with Crippen LogP contribution >= 0.6 is 34.2 Å². The van der Waals surface area contributed by atoms with E-state index in [1.54, 1.807) is 31.4 Å². The first-order valence-corrected chi connectivity index (χ1v) is 12.4. The van der Waals surface area contributed by atoms with E-state index < -0.39 is 5.97 Å². The van der Waals surface area contributed by atoms with Crippen LogP contribution in [-0.2, 0) is 16.1 Å². The first kappa shape index (κ1) is 23.5. The summed E-state index contributed by atoms with van der Waals surface area (Å²) < 4.78 is 18.2. The first-order chi connectivity index (χ1) is 17.0. The van der Waals surface area contributed by atoms with Crippen LogP contribution in [-0.4, -0.2) is 13.1 Å². The van der Waals surface area contributed by atoms with Crippen molar-refractivity contribution in [2.75, 3.05) is 7.11 Å². The van der Waals surface area contributed by atoms with Gasteiger partial charge >= 0.3 is 5.97 Å². The van der Waals surface area contributed by atoms with Crippen LogP contribution < -0.4 is 9.47 Å². The van der Waals surface area contributed by atoms with E-state index in [1.807, 2.05) is 42.5 Å². The lowest BCUT2D eigenvalue weighted by Crippen LogP contribution is -2.01. The van der Waals surface area contributed by atoms with Crippen LogP contribution in [0.4, 0.5) is 0 Å². The number of methoxy groups -OCH3 is 1. The highest BCUT2D eigenvalue weighted by molar-refractivity contribution is 14.1. The molecule has 0 saturated heterocycles. The molecule has 0 unspecified atom stereocenters. The maximum Gasteiger partial charge on any atom is 0.343 e. The molecule has 0 N–H and O–H groups in total. The Labute approximate surface area is 221 Å². The van der Waals surface area contributed by atoms with Gasteiger partial charge in [-0.15, -0.1) is 0 Å². The molecular formula is C29H20ClIO4. The van der Waals surface area contributed by atoms with Gasteiger partial charge in [-0.1, -0.05) is 54.1 Å². The van der Waals surface area contributed by atoms with Crippen LogP contribution in [0.5, 0.6) is 11.5 Å². The van der Waals surface area contributed by atoms with Crippen LogP contribution in [0.3, 0.4) is 0 Å². The summed E-state index contributed by atoms with van der Waals surface area (Å²) in [6.45, 7) is 0.410. The van der Waals surface area contributed by atoms with Crippen LogP contribution in [0.2, 0.25) is 5.02 Å². The Morgan fingerprint density at radius 3 is 2.57 bits per heavy atom. The summed E-state index contributed by atoms with van der Waals surface area (Å²) in [5.74, 6) is 1.35. The zero-order valence-corrected chi connectivity index (χ0v) is 21.7. The van der Waals surface area contributed by atoms with Crippen molar-refractivity contribution in [3.63, 3.8) is 0 Å². The third-order valence-electron chi connectivity index (χ3n) is 5.68. The summed E-state index contributed by atoms with van der Waals surface area (Å²) in [6, 6.07) is 25.4. The fraction of sp³-hybridized carbons (Fsp3) is 0.0690. The number of carbonyl (C=O) groups is 1. The van der Waals surface area contributed by atoms with Crippen molar-refractivity contribution in [2.45, 2.75) is 6.61 Å². The molecule has 0 spiro atoms. The van der Waals surface area contributed by atoms with Gasteiger partial charge in [-0.05, 0) is 93.0 Å². The van der Waals surface area contributed by atoms with E-state index in [4.69, 9.17) is 25.8 Å². The molecule has 0 bridgehead atoms. The minimum Gasteiger partial charge on any atom is -0.493 e. The number of esters is 1. The summed E-state index contributed by atoms with van der Waals surface area (Å²) in [5, 5.41) is 2.96. The van der Waals surface area contributed by atoms with Crippen molar-refractivity contribution in [1.29, 1.82) is 0 Å². The van der Waals surface area contributed by atoms with Crippen molar-refractivity contribution in [1.82, 2.24) is 0 Å². The van der Waals surface area contributed by atoms with Gasteiger partial charge in [0, 0.05) is 10.6 Å². The van der Waals surface area contributed by atoms with Crippen molar-refractivity contribution >= 4 is 62.8 Å². The molecular weight excluding hydrogens is 575 g/mol. The number of hydrogen-bond acceptors (Lipinski definition) is 4. The summed E-state index contributed by atoms with van der Waals surface area (Å²) in [7, 11) is 1.61. The van der Waals surface area contributed by atoms with E-state index >= 15 is 0 Å². The topological polar surface area (TPSA) is 44.8 Å². The highest BCUT2D eigenvalue weighted by Gasteiger charge is 2.22. The van der Waals surface area contributed by atoms with Gasteiger partial charge in [0.2, 0.25) is 0 Å². The normalized spacial score (nSPS) is 14.2. The molecule has 1 heterocycles. The Morgan fingerprint density at radius 2 is 1.77 bits per heavy atom. The Kier molecular flexibility index (Phi) is 6.79. The van der Waals surface area contributed by atoms with Gasteiger partial charge in [0.15, 0.2) is 11.5 Å². The maximum atomic E-state index is 12.5. The molecule has 1 aliphatic rings. The molecule has 4 aromatic rings. The molecule has 0 atom stereocenters. The minimum absolute atomic E-state index is 0.403. The zero-order valence-electron chi connectivity index (χ0n) is 18.8. The molecule has 174 valence electrons. The zero-order chi connectivity index (χ0) is 24.4. The fourth-order valence-electron chi connectivity index (χ4n) is 3.96. The van der Waals surface area contributed by atoms with Crippen LogP contribution in [0, 0.1) is 3.57 Å². The molecule has 0 radical (unpaired) electrons. The second-order valence-electron chi connectivity index (χ2n) is 7.97. The number of benzene rings is 4. The third-order valence-corrected chi connectivity index (χ3v) is 6.73. The average molecular weight is 595 g/mol. The SMILES string of the molecule is COc1cc(/C=C2\C=C(c3ccc(Cl)cc3)OC2=O)cc(I)c1OCc1cccc2ccccc12. The molecule has 4 nitrogen and oxygen atoms in total. The predicted molar refractivity (Wildman–Crippen MR) is 147 cm³/mol. The molecule has 0 aliphatic carbocycles. The minimum atomic E-state index is -0.403. The summed E-state index contributed by atoms with van der Waals surface area (Å²) >= 11 is 8.19. The van der Waals surface area contributed by atoms with Crippen molar-refractivity contribution in [2.24, 2.45) is 0 Å². The largest absolute Gasteiger partial charge is 0.493 e. The Bertz CT molecular complexity index is 1480. The number of hydrogen-bond donors (Lipinski definition) is 0. The first-order valence-electron chi connectivity index (χ1n) is 10.9. The molecule has 35 heavy (non-hydrogen) atoms. The maximum absolute atomic E-state index is 12.5. The average Bonchev–Trinajstić information content (AvgIpc) is 3.23. The number of ether oxygens (including phenoxy) is 3. The van der Waals surface area contributed by atoms with Gasteiger partial charge in [-0.2, -0.15) is 0 Å². The molecule has 6 heteroatoms. The van der Waals surface area contributed by atoms with E-state index in [9.17, 15) is 4.79 Å². The van der Waals surface area contributed by atoms with Crippen LogP contribution in [0.15, 0.2) is 90.5 Å². The van der Waals surface area contributed by atoms with E-state index in [0.29, 0.717) is 34.5 Å². The van der Waals surface area contributed by atoms with E-state index in [-0.39, 0.29) is 0 Å². The second-order valence-corrected chi connectivity index (χ2v) is 9.56. The second kappa shape index (κ2) is 10.1. The summed E-state index contributed by atoms with van der Waals surface area (Å²) in [4.78, 5) is 12.5. The van der Waals surface area contributed by atoms with Gasteiger partial charge < -0.3 is 14.2 Å². The lowest BCUT2D eigenvalue weighted by atomic mass is 10.1. The smallest absolute Gasteiger partial charge is 0.343 e. The van der Waals surface area contributed by atoms with Gasteiger partial charge in [-0.3, -0.25) is 0 Å². The summed E-state index contributed by atoms with van der Waals surface area (Å²) in [5.41, 5.74) is 3.15. The fourth-order valence-corrected chi connectivity index (χ4v) is 4.86. The van der Waals surface area contributed by atoms with Crippen LogP contribution in [0.25, 0.3) is 22.6 Å². The van der Waals surface area contributed by atoms with E-state index in [2.05, 4.69) is 46.9 Å². The van der Waals surface area contributed by atoms with Crippen molar-refractivity contribution in [3.8, 4) is 11.5 Å². The molecule has 5 rings (SSSR count). The van der Waals surface area contributed by atoms with E-state index in [0.717, 1.165) is 25.6 Å². The Balaban J connectivity index is 1.41. The van der Waals surface area contributed by atoms with Gasteiger partial charge in [0.1, 0.15) is 12.4 Å². The van der Waals surface area contributed by atoms with Gasteiger partial charge in [-0.25, -0.2) is 4.79 Å². The number of rotatable bonds is 6. The molecule has 4 aromatic carbocycles. The molecule has 0 fully saturated rings. The van der Waals surface area contributed by atoms with E-state index in [1.165, 1.54) is 5.39 Å². The molecule has 0 aromatic heterocycles. The monoisotopic (exact) mass is 594 g/mol. The number of halogens is 2. The molecule has 1 aliphatic heterocycles. The standard InChI is InChI=1S/C29H20ClIO4/c1-33-27-15-18(13-22-16-26(35-29(22)32)20-9-11-23(30)12-10-20)14-25(31)28(27)34-17-21-7-4-6-19-5-2-3-8-24(19)21/h2-16H,17H2,1H3/b22-13+. The highest BCUT2D eigenvalue weighted by atomic mass is 127. The Morgan fingerprint density at radius 1 is 1.00 bits per heavy atom. The Hall–Kier alpha value is -3.29. The number of carbonyl (C=O) groups excluding carboxylic acids is 1. The van der Waals surface area contributed by atoms with Crippen LogP contribution in [0.1, 0.15) is 16.7 Å². The van der Waals surface area contributed by atoms with Gasteiger partial charge in [0.05, 0.1) is 16.3 Å². The number of cyclic esters (lactones) is 1. The lowest BCUT2D eigenvalue weighted by Gasteiger charge is -2.15. The third kappa shape index (κ3) is 5.06. The van der Waals surface area contributed by atoms with Crippen molar-refractivity contribution < 1.29 is 19.0 Å². The number of fused-ring (bicyclic) bond motifs is 1. The molecule has 0 amide bonds. The molecule has 0 saturated carbocycles. The lowest BCUT2D eigenvalue weighted by molar-refractivity contribution is -0.130. The predicted octanol–water partition coefficient (Wildman–Crippen LogP) is 7.67. The highest BCUT2D eigenvalue weighted by Crippen LogP contribution is 2.36. The quantitative estimate of drug-likeness (QED) is 0.131.